The smallest absolute Gasteiger partial charge is 0.272 e. The maximum Gasteiger partial charge on any atom is 0.272 e. The first kappa shape index (κ1) is 28.1. The third-order valence-electron chi connectivity index (χ3n) is 5.46. The molecule has 0 atom stereocenters. The van der Waals surface area contributed by atoms with Crippen LogP contribution in [0.4, 0.5) is 11.4 Å². The fraction of sp³-hybridized carbons (Fsp3) is 0.0968. The largest absolute Gasteiger partial charge is 0.494 e. The van der Waals surface area contributed by atoms with E-state index in [0.717, 1.165) is 4.90 Å². The normalized spacial score (nSPS) is 10.9. The number of aromatic nitrogens is 1. The van der Waals surface area contributed by atoms with Crippen LogP contribution in [0.1, 0.15) is 22.8 Å². The first-order chi connectivity index (χ1) is 19.5. The highest BCUT2D eigenvalue weighted by Gasteiger charge is 2.15. The summed E-state index contributed by atoms with van der Waals surface area (Å²) in [6.07, 6.45) is 4.82. The fourth-order valence-corrected chi connectivity index (χ4v) is 4.33. The molecule has 3 N–H and O–H groups in total. The number of amides is 3. The maximum absolute atomic E-state index is 13.3. The van der Waals surface area contributed by atoms with E-state index in [-0.39, 0.29) is 17.4 Å². The topological polar surface area (TPSA) is 109 Å². The van der Waals surface area contributed by atoms with Gasteiger partial charge in [0.2, 0.25) is 5.91 Å². The summed E-state index contributed by atoms with van der Waals surface area (Å²) in [6.45, 7) is 2.45. The van der Waals surface area contributed by atoms with Crippen LogP contribution in [0, 0.1) is 0 Å². The van der Waals surface area contributed by atoms with Crippen molar-refractivity contribution >= 4 is 46.9 Å². The van der Waals surface area contributed by atoms with Gasteiger partial charge in [0.1, 0.15) is 11.4 Å². The van der Waals surface area contributed by atoms with E-state index in [1.165, 1.54) is 11.8 Å². The Hall–Kier alpha value is -4.89. The lowest BCUT2D eigenvalue weighted by Gasteiger charge is -2.12. The maximum atomic E-state index is 13.3. The van der Waals surface area contributed by atoms with Gasteiger partial charge < -0.3 is 20.7 Å². The van der Waals surface area contributed by atoms with Crippen molar-refractivity contribution in [3.8, 4) is 5.75 Å². The third-order valence-corrected chi connectivity index (χ3v) is 6.45. The van der Waals surface area contributed by atoms with Crippen LogP contribution in [0.15, 0.2) is 114 Å². The number of ether oxygens (including phenoxy) is 1. The highest BCUT2D eigenvalue weighted by atomic mass is 32.2. The summed E-state index contributed by atoms with van der Waals surface area (Å²) in [4.78, 5) is 43.3. The molecule has 1 heterocycles. The molecule has 40 heavy (non-hydrogen) atoms. The van der Waals surface area contributed by atoms with E-state index in [9.17, 15) is 14.4 Å². The zero-order chi connectivity index (χ0) is 28.2. The molecule has 8 nitrogen and oxygen atoms in total. The molecular formula is C31H28N4O4S. The summed E-state index contributed by atoms with van der Waals surface area (Å²) in [5.74, 6) is -0.152. The van der Waals surface area contributed by atoms with E-state index >= 15 is 0 Å². The van der Waals surface area contributed by atoms with Gasteiger partial charge in [-0.2, -0.15) is 0 Å². The number of rotatable bonds is 11. The molecule has 202 valence electrons. The molecule has 4 aromatic rings. The third kappa shape index (κ3) is 8.57. The van der Waals surface area contributed by atoms with Crippen molar-refractivity contribution in [2.75, 3.05) is 23.0 Å². The van der Waals surface area contributed by atoms with Gasteiger partial charge in [0.25, 0.3) is 11.8 Å². The van der Waals surface area contributed by atoms with Crippen LogP contribution in [0.5, 0.6) is 5.75 Å². The summed E-state index contributed by atoms with van der Waals surface area (Å²) in [7, 11) is 0. The number of hydrogen-bond acceptors (Lipinski definition) is 6. The van der Waals surface area contributed by atoms with Gasteiger partial charge in [-0.1, -0.05) is 36.4 Å². The van der Waals surface area contributed by atoms with E-state index < -0.39 is 11.8 Å². The number of carbonyl (C=O) groups excluding carboxylic acids is 3. The second kappa shape index (κ2) is 14.3. The quantitative estimate of drug-likeness (QED) is 0.165. The minimum Gasteiger partial charge on any atom is -0.494 e. The highest BCUT2D eigenvalue weighted by molar-refractivity contribution is 8.00. The lowest BCUT2D eigenvalue weighted by molar-refractivity contribution is -0.114. The van der Waals surface area contributed by atoms with Crippen molar-refractivity contribution in [2.24, 2.45) is 0 Å². The molecule has 0 radical (unpaired) electrons. The Balaban J connectivity index is 1.46. The van der Waals surface area contributed by atoms with E-state index in [1.807, 2.05) is 19.1 Å². The molecule has 3 aromatic carbocycles. The van der Waals surface area contributed by atoms with Crippen LogP contribution < -0.4 is 20.7 Å². The molecule has 0 unspecified atom stereocenters. The molecule has 0 aliphatic heterocycles. The molecule has 0 saturated carbocycles. The van der Waals surface area contributed by atoms with Crippen molar-refractivity contribution in [1.29, 1.82) is 0 Å². The van der Waals surface area contributed by atoms with Crippen molar-refractivity contribution in [3.05, 3.63) is 120 Å². The minimum atomic E-state index is -0.490. The van der Waals surface area contributed by atoms with Crippen molar-refractivity contribution < 1.29 is 19.1 Å². The zero-order valence-electron chi connectivity index (χ0n) is 21.8. The lowest BCUT2D eigenvalue weighted by atomic mass is 10.1. The summed E-state index contributed by atoms with van der Waals surface area (Å²) >= 11 is 1.34. The monoisotopic (exact) mass is 552 g/mol. The number of hydrogen-bond donors (Lipinski definition) is 3. The minimum absolute atomic E-state index is 0.0767. The standard InChI is InChI=1S/C31H28N4O4S/c1-2-39-26-13-11-22(12-14-26)19-28(35-30(37)23-7-4-3-5-8-23)31(38)34-25-9-6-10-27(20-25)40-21-29(36)33-24-15-17-32-18-16-24/h3-20H,2,21H2,1H3,(H,34,38)(H,35,37)(H,32,33,36)/b28-19+. The second-order valence-electron chi connectivity index (χ2n) is 8.43. The van der Waals surface area contributed by atoms with Gasteiger partial charge >= 0.3 is 0 Å². The number of thioether (sulfide) groups is 1. The van der Waals surface area contributed by atoms with E-state index in [4.69, 9.17) is 4.74 Å². The van der Waals surface area contributed by atoms with Crippen LogP contribution in [-0.4, -0.2) is 35.1 Å². The molecule has 0 spiro atoms. The van der Waals surface area contributed by atoms with Crippen LogP contribution >= 0.6 is 11.8 Å². The first-order valence-corrected chi connectivity index (χ1v) is 13.5. The SMILES string of the molecule is CCOc1ccc(/C=C(/NC(=O)c2ccccc2)C(=O)Nc2cccc(SCC(=O)Nc3ccncc3)c2)cc1. The summed E-state index contributed by atoms with van der Waals surface area (Å²) in [6, 6.07) is 26.5. The molecule has 1 aromatic heterocycles. The highest BCUT2D eigenvalue weighted by Crippen LogP contribution is 2.23. The number of nitrogens with zero attached hydrogens (tertiary/aromatic N) is 1. The van der Waals surface area contributed by atoms with Gasteiger partial charge in [-0.05, 0) is 73.2 Å². The molecule has 0 aliphatic rings. The van der Waals surface area contributed by atoms with E-state index in [1.54, 1.807) is 97.3 Å². The molecule has 0 bridgehead atoms. The molecule has 0 saturated heterocycles. The van der Waals surface area contributed by atoms with Gasteiger partial charge in [0.15, 0.2) is 0 Å². The Morgan fingerprint density at radius 2 is 1.60 bits per heavy atom. The molecular weight excluding hydrogens is 524 g/mol. The molecule has 4 rings (SSSR count). The predicted molar refractivity (Wildman–Crippen MR) is 158 cm³/mol. The Morgan fingerprint density at radius 1 is 0.850 bits per heavy atom. The number of benzene rings is 3. The van der Waals surface area contributed by atoms with Gasteiger partial charge in [0, 0.05) is 34.2 Å². The number of pyridine rings is 1. The van der Waals surface area contributed by atoms with Crippen LogP contribution in [0.2, 0.25) is 0 Å². The van der Waals surface area contributed by atoms with Gasteiger partial charge in [-0.15, -0.1) is 11.8 Å². The Morgan fingerprint density at radius 3 is 2.33 bits per heavy atom. The van der Waals surface area contributed by atoms with E-state index in [0.29, 0.717) is 34.9 Å². The van der Waals surface area contributed by atoms with Gasteiger partial charge in [-0.3, -0.25) is 19.4 Å². The fourth-order valence-electron chi connectivity index (χ4n) is 3.58. The Kier molecular flexibility index (Phi) is 10.1. The van der Waals surface area contributed by atoms with Crippen molar-refractivity contribution in [1.82, 2.24) is 10.3 Å². The van der Waals surface area contributed by atoms with E-state index in [2.05, 4.69) is 20.9 Å². The van der Waals surface area contributed by atoms with Crippen molar-refractivity contribution in [2.45, 2.75) is 11.8 Å². The Labute approximate surface area is 236 Å². The molecule has 0 aliphatic carbocycles. The average Bonchev–Trinajstić information content (AvgIpc) is 2.98. The molecule has 9 heteroatoms. The predicted octanol–water partition coefficient (Wildman–Crippen LogP) is 5.62. The van der Waals surface area contributed by atoms with Crippen LogP contribution in [0.3, 0.4) is 0 Å². The molecule has 3 amide bonds. The Bertz CT molecular complexity index is 1480. The number of nitrogens with one attached hydrogen (secondary N) is 3. The van der Waals surface area contributed by atoms with Gasteiger partial charge in [-0.25, -0.2) is 0 Å². The summed E-state index contributed by atoms with van der Waals surface area (Å²) in [5, 5.41) is 8.40. The number of anilines is 2. The summed E-state index contributed by atoms with van der Waals surface area (Å²) < 4.78 is 5.49. The van der Waals surface area contributed by atoms with Gasteiger partial charge in [0.05, 0.1) is 12.4 Å². The second-order valence-corrected chi connectivity index (χ2v) is 9.48. The van der Waals surface area contributed by atoms with Crippen molar-refractivity contribution in [3.63, 3.8) is 0 Å². The van der Waals surface area contributed by atoms with Crippen LogP contribution in [0.25, 0.3) is 6.08 Å². The van der Waals surface area contributed by atoms with Crippen LogP contribution in [-0.2, 0) is 9.59 Å². The summed E-state index contributed by atoms with van der Waals surface area (Å²) in [5.41, 5.74) is 2.41. The average molecular weight is 553 g/mol. The first-order valence-electron chi connectivity index (χ1n) is 12.5. The number of carbonyl (C=O) groups is 3. The zero-order valence-corrected chi connectivity index (χ0v) is 22.6. The molecule has 0 fully saturated rings. The lowest BCUT2D eigenvalue weighted by Crippen LogP contribution is -2.30.